The van der Waals surface area contributed by atoms with E-state index in [0.717, 1.165) is 11.6 Å². The Balaban J connectivity index is 1.94. The second kappa shape index (κ2) is 11.1. The molecule has 0 fully saturated rings. The number of anilines is 1. The summed E-state index contributed by atoms with van der Waals surface area (Å²) in [5.74, 6) is 0.254. The molecular formula is C25H22Cl2FNO4. The Labute approximate surface area is 201 Å². The van der Waals surface area contributed by atoms with Crippen molar-refractivity contribution < 1.29 is 23.4 Å². The van der Waals surface area contributed by atoms with Crippen molar-refractivity contribution in [3.8, 4) is 17.2 Å². The molecule has 0 aromatic heterocycles. The van der Waals surface area contributed by atoms with Crippen molar-refractivity contribution >= 4 is 34.7 Å². The van der Waals surface area contributed by atoms with E-state index < -0.39 is 11.6 Å². The molecule has 0 aliphatic carbocycles. The van der Waals surface area contributed by atoms with Gasteiger partial charge in [-0.15, -0.1) is 0 Å². The van der Waals surface area contributed by atoms with Crippen LogP contribution >= 0.6 is 23.2 Å². The van der Waals surface area contributed by atoms with Crippen LogP contribution in [0.2, 0.25) is 10.0 Å². The third-order valence-corrected chi connectivity index (χ3v) is 5.39. The van der Waals surface area contributed by atoms with E-state index in [4.69, 9.17) is 37.4 Å². The molecule has 33 heavy (non-hydrogen) atoms. The van der Waals surface area contributed by atoms with Gasteiger partial charge in [0.25, 0.3) is 0 Å². The lowest BCUT2D eigenvalue weighted by atomic mass is 10.0. The lowest BCUT2D eigenvalue weighted by molar-refractivity contribution is 0.103. The van der Waals surface area contributed by atoms with Crippen LogP contribution in [0.1, 0.15) is 21.5 Å². The van der Waals surface area contributed by atoms with Crippen LogP contribution < -0.4 is 19.5 Å². The number of ether oxygens (including phenoxy) is 3. The quantitative estimate of drug-likeness (QED) is 0.258. The van der Waals surface area contributed by atoms with Gasteiger partial charge in [0.15, 0.2) is 17.3 Å². The highest BCUT2D eigenvalue weighted by Crippen LogP contribution is 2.39. The number of carbonyl (C=O) groups is 1. The minimum absolute atomic E-state index is 0.106. The minimum Gasteiger partial charge on any atom is -0.493 e. The molecular weight excluding hydrogens is 468 g/mol. The first-order valence-electron chi connectivity index (χ1n) is 9.90. The van der Waals surface area contributed by atoms with Gasteiger partial charge in [-0.25, -0.2) is 4.39 Å². The molecule has 3 rings (SSSR count). The maximum atomic E-state index is 14.2. The van der Waals surface area contributed by atoms with Crippen molar-refractivity contribution in [1.29, 1.82) is 0 Å². The third-order valence-electron chi connectivity index (χ3n) is 4.77. The van der Waals surface area contributed by atoms with Crippen molar-refractivity contribution in [1.82, 2.24) is 0 Å². The van der Waals surface area contributed by atoms with Crippen LogP contribution in [0.5, 0.6) is 17.2 Å². The lowest BCUT2D eigenvalue weighted by Crippen LogP contribution is -2.10. The van der Waals surface area contributed by atoms with E-state index in [1.807, 2.05) is 0 Å². The van der Waals surface area contributed by atoms with Gasteiger partial charge in [0, 0.05) is 23.4 Å². The Kier molecular flexibility index (Phi) is 8.20. The van der Waals surface area contributed by atoms with Gasteiger partial charge in [-0.2, -0.15) is 0 Å². The first-order chi connectivity index (χ1) is 15.9. The van der Waals surface area contributed by atoms with Crippen LogP contribution in [0.4, 0.5) is 10.1 Å². The summed E-state index contributed by atoms with van der Waals surface area (Å²) in [5, 5.41) is 3.31. The topological polar surface area (TPSA) is 56.8 Å². The SMILES string of the molecule is C=CCOc1c(OC)cc(CNc2cc(Cl)c(F)cc2C(=O)c2ccccc2Cl)cc1OC. The van der Waals surface area contributed by atoms with E-state index in [2.05, 4.69) is 11.9 Å². The molecule has 3 aromatic carbocycles. The largest absolute Gasteiger partial charge is 0.493 e. The fraction of sp³-hybridized carbons (Fsp3) is 0.160. The fourth-order valence-corrected chi connectivity index (χ4v) is 3.57. The Morgan fingerprint density at radius 1 is 1.03 bits per heavy atom. The Hall–Kier alpha value is -3.22. The van der Waals surface area contributed by atoms with E-state index in [-0.39, 0.29) is 34.3 Å². The molecule has 0 bridgehead atoms. The summed E-state index contributed by atoms with van der Waals surface area (Å²) >= 11 is 12.2. The van der Waals surface area contributed by atoms with Crippen LogP contribution in [0, 0.1) is 5.82 Å². The maximum Gasteiger partial charge on any atom is 0.203 e. The van der Waals surface area contributed by atoms with E-state index in [9.17, 15) is 9.18 Å². The minimum atomic E-state index is -0.704. The number of rotatable bonds is 10. The second-order valence-corrected chi connectivity index (χ2v) is 7.72. The number of benzene rings is 3. The van der Waals surface area contributed by atoms with Gasteiger partial charge in [0.2, 0.25) is 5.75 Å². The van der Waals surface area contributed by atoms with Crippen molar-refractivity contribution in [3.05, 3.63) is 93.7 Å². The number of methoxy groups -OCH3 is 2. The summed E-state index contributed by atoms with van der Waals surface area (Å²) < 4.78 is 30.8. The highest BCUT2D eigenvalue weighted by Gasteiger charge is 2.20. The second-order valence-electron chi connectivity index (χ2n) is 6.90. The van der Waals surface area contributed by atoms with Gasteiger partial charge >= 0.3 is 0 Å². The molecule has 0 aliphatic rings. The molecule has 0 radical (unpaired) electrons. The molecule has 0 atom stereocenters. The number of nitrogens with one attached hydrogen (secondary N) is 1. The van der Waals surface area contributed by atoms with Crippen LogP contribution in [0.15, 0.2) is 61.2 Å². The average Bonchev–Trinajstić information content (AvgIpc) is 2.82. The zero-order valence-corrected chi connectivity index (χ0v) is 19.6. The molecule has 172 valence electrons. The first kappa shape index (κ1) is 24.4. The zero-order chi connectivity index (χ0) is 24.0. The number of hydrogen-bond acceptors (Lipinski definition) is 5. The van der Waals surface area contributed by atoms with Gasteiger partial charge < -0.3 is 19.5 Å². The molecule has 0 amide bonds. The molecule has 0 heterocycles. The average molecular weight is 490 g/mol. The number of carbonyl (C=O) groups excluding carboxylic acids is 1. The summed E-state index contributed by atoms with van der Waals surface area (Å²) in [5.41, 5.74) is 1.49. The van der Waals surface area contributed by atoms with Gasteiger partial charge in [-0.3, -0.25) is 4.79 Å². The zero-order valence-electron chi connectivity index (χ0n) is 18.1. The normalized spacial score (nSPS) is 10.5. The van der Waals surface area contributed by atoms with Crippen molar-refractivity contribution in [2.24, 2.45) is 0 Å². The highest BCUT2D eigenvalue weighted by molar-refractivity contribution is 6.35. The first-order valence-corrected chi connectivity index (χ1v) is 10.7. The predicted octanol–water partition coefficient (Wildman–Crippen LogP) is 6.56. The fourth-order valence-electron chi connectivity index (χ4n) is 3.19. The molecule has 0 saturated heterocycles. The summed E-state index contributed by atoms with van der Waals surface area (Å²) in [6, 6.07) is 12.6. The highest BCUT2D eigenvalue weighted by atomic mass is 35.5. The van der Waals surface area contributed by atoms with Gasteiger partial charge in [-0.1, -0.05) is 48.0 Å². The Bertz CT molecular complexity index is 1160. The van der Waals surface area contributed by atoms with Crippen LogP contribution in [0.25, 0.3) is 0 Å². The van der Waals surface area contributed by atoms with Crippen LogP contribution in [-0.2, 0) is 6.54 Å². The molecule has 1 N–H and O–H groups in total. The van der Waals surface area contributed by atoms with E-state index in [0.29, 0.717) is 22.9 Å². The van der Waals surface area contributed by atoms with Gasteiger partial charge in [0.1, 0.15) is 12.4 Å². The van der Waals surface area contributed by atoms with E-state index >= 15 is 0 Å². The van der Waals surface area contributed by atoms with Crippen molar-refractivity contribution in [2.45, 2.75) is 6.54 Å². The summed E-state index contributed by atoms with van der Waals surface area (Å²) in [4.78, 5) is 13.1. The van der Waals surface area contributed by atoms with Crippen molar-refractivity contribution in [3.63, 3.8) is 0 Å². The predicted molar refractivity (Wildman–Crippen MR) is 129 cm³/mol. The molecule has 0 aliphatic heterocycles. The standard InChI is InChI=1S/C25H22Cl2FNO4/c1-4-9-33-25-22(31-2)10-15(11-23(25)32-3)14-29-21-13-19(27)20(28)12-17(21)24(30)16-7-5-6-8-18(16)26/h4-8,10-13,29H,1,9,14H2,2-3H3. The monoisotopic (exact) mass is 489 g/mol. The summed E-state index contributed by atoms with van der Waals surface area (Å²) in [6.45, 7) is 4.19. The number of halogens is 3. The Morgan fingerprint density at radius 3 is 2.30 bits per heavy atom. The summed E-state index contributed by atoms with van der Waals surface area (Å²) in [6.07, 6.45) is 1.62. The van der Waals surface area contributed by atoms with Gasteiger partial charge in [-0.05, 0) is 42.0 Å². The number of hydrogen-bond donors (Lipinski definition) is 1. The van der Waals surface area contributed by atoms with E-state index in [1.165, 1.54) is 20.3 Å². The van der Waals surface area contributed by atoms with Crippen LogP contribution in [-0.4, -0.2) is 26.6 Å². The molecule has 5 nitrogen and oxygen atoms in total. The number of ketones is 1. The summed E-state index contributed by atoms with van der Waals surface area (Å²) in [7, 11) is 3.04. The molecule has 8 heteroatoms. The van der Waals surface area contributed by atoms with Gasteiger partial charge in [0.05, 0.1) is 24.3 Å². The third kappa shape index (κ3) is 5.59. The Morgan fingerprint density at radius 2 is 1.70 bits per heavy atom. The molecule has 3 aromatic rings. The van der Waals surface area contributed by atoms with Crippen LogP contribution in [0.3, 0.4) is 0 Å². The van der Waals surface area contributed by atoms with Crippen molar-refractivity contribution in [2.75, 3.05) is 26.1 Å². The van der Waals surface area contributed by atoms with E-state index in [1.54, 1.807) is 42.5 Å². The lowest BCUT2D eigenvalue weighted by Gasteiger charge is -2.17. The smallest absolute Gasteiger partial charge is 0.203 e. The maximum absolute atomic E-state index is 14.2. The molecule has 0 unspecified atom stereocenters. The molecule has 0 saturated carbocycles. The molecule has 0 spiro atoms.